The van der Waals surface area contributed by atoms with Crippen molar-refractivity contribution in [2.75, 3.05) is 5.32 Å². The molecule has 0 amide bonds. The molecule has 1 aromatic heterocycles. The van der Waals surface area contributed by atoms with E-state index in [9.17, 15) is 4.79 Å². The summed E-state index contributed by atoms with van der Waals surface area (Å²) in [5, 5.41) is 11.7. The molecule has 0 unspecified atom stereocenters. The number of hydrogen-bond donors (Lipinski definition) is 2. The highest BCUT2D eigenvalue weighted by molar-refractivity contribution is 14.1. The minimum absolute atomic E-state index is 0.0759. The van der Waals surface area contributed by atoms with E-state index < -0.39 is 5.97 Å². The second kappa shape index (κ2) is 4.56. The van der Waals surface area contributed by atoms with Gasteiger partial charge in [0.25, 0.3) is 0 Å². The molecule has 2 aromatic rings. The zero-order valence-electron chi connectivity index (χ0n) is 8.11. The monoisotopic (exact) mass is 329 g/mol. The Hall–Kier alpha value is -1.50. The lowest BCUT2D eigenvalue weighted by Gasteiger charge is -2.01. The molecule has 0 aliphatic carbocycles. The van der Waals surface area contributed by atoms with Crippen LogP contribution in [0, 0.1) is 3.57 Å². The fourth-order valence-corrected chi connectivity index (χ4v) is 1.56. The molecular weight excluding hydrogens is 321 g/mol. The van der Waals surface area contributed by atoms with Crippen LogP contribution in [0.3, 0.4) is 0 Å². The third-order valence-electron chi connectivity index (χ3n) is 1.93. The Morgan fingerprint density at radius 1 is 1.19 bits per heavy atom. The molecule has 0 aliphatic rings. The normalized spacial score (nSPS) is 10.1. The molecule has 0 aliphatic heterocycles. The Labute approximate surface area is 105 Å². The van der Waals surface area contributed by atoms with E-state index in [1.165, 1.54) is 6.07 Å². The second-order valence-electron chi connectivity index (χ2n) is 3.10. The predicted molar refractivity (Wildman–Crippen MR) is 68.1 cm³/mol. The molecule has 1 aromatic carbocycles. The molecule has 16 heavy (non-hydrogen) atoms. The van der Waals surface area contributed by atoms with E-state index in [0.29, 0.717) is 5.88 Å². The third kappa shape index (κ3) is 2.54. The number of hydrogen-bond acceptors (Lipinski definition) is 3. The van der Waals surface area contributed by atoms with Crippen LogP contribution in [0.2, 0.25) is 0 Å². The van der Waals surface area contributed by atoms with Crippen molar-refractivity contribution in [3.8, 4) is 0 Å². The fraction of sp³-hybridized carbons (Fsp3) is 0. The molecule has 1 heterocycles. The Morgan fingerprint density at radius 3 is 2.44 bits per heavy atom. The van der Waals surface area contributed by atoms with Crippen LogP contribution in [0.1, 0.15) is 10.6 Å². The number of aromatic carboxylic acids is 1. The number of anilines is 2. The lowest BCUT2D eigenvalue weighted by atomic mass is 10.3. The standard InChI is InChI=1S/C11H8INO3/c12-7-1-3-8(4-2-7)13-10-6-5-9(16-10)11(14)15/h1-6,13H,(H,14,15). The average molecular weight is 329 g/mol. The van der Waals surface area contributed by atoms with Crippen molar-refractivity contribution in [1.82, 2.24) is 0 Å². The van der Waals surface area contributed by atoms with Gasteiger partial charge in [-0.05, 0) is 52.9 Å². The highest BCUT2D eigenvalue weighted by atomic mass is 127. The van der Waals surface area contributed by atoms with Gasteiger partial charge in [0.2, 0.25) is 5.76 Å². The molecule has 2 rings (SSSR count). The maximum atomic E-state index is 10.6. The summed E-state index contributed by atoms with van der Waals surface area (Å²) in [5.74, 6) is -0.734. The number of benzene rings is 1. The smallest absolute Gasteiger partial charge is 0.371 e. The van der Waals surface area contributed by atoms with Gasteiger partial charge in [0, 0.05) is 15.3 Å². The molecule has 0 saturated carbocycles. The van der Waals surface area contributed by atoms with E-state index in [1.54, 1.807) is 6.07 Å². The van der Waals surface area contributed by atoms with Crippen LogP contribution in [0.4, 0.5) is 11.6 Å². The summed E-state index contributed by atoms with van der Waals surface area (Å²) < 4.78 is 6.20. The van der Waals surface area contributed by atoms with Crippen molar-refractivity contribution in [2.45, 2.75) is 0 Å². The second-order valence-corrected chi connectivity index (χ2v) is 4.35. The molecule has 0 bridgehead atoms. The van der Waals surface area contributed by atoms with Gasteiger partial charge in [-0.15, -0.1) is 0 Å². The maximum absolute atomic E-state index is 10.6. The van der Waals surface area contributed by atoms with Gasteiger partial charge in [0.05, 0.1) is 0 Å². The third-order valence-corrected chi connectivity index (χ3v) is 2.65. The maximum Gasteiger partial charge on any atom is 0.371 e. The van der Waals surface area contributed by atoms with E-state index in [-0.39, 0.29) is 5.76 Å². The molecule has 2 N–H and O–H groups in total. The van der Waals surface area contributed by atoms with Crippen molar-refractivity contribution < 1.29 is 14.3 Å². The van der Waals surface area contributed by atoms with E-state index in [4.69, 9.17) is 9.52 Å². The van der Waals surface area contributed by atoms with Gasteiger partial charge in [-0.3, -0.25) is 0 Å². The minimum Gasteiger partial charge on any atom is -0.475 e. The summed E-state index contributed by atoms with van der Waals surface area (Å²) in [6.07, 6.45) is 0. The number of carboxylic acid groups (broad SMARTS) is 1. The van der Waals surface area contributed by atoms with Crippen LogP contribution in [0.5, 0.6) is 0 Å². The van der Waals surface area contributed by atoms with Crippen LogP contribution in [0.25, 0.3) is 0 Å². The zero-order chi connectivity index (χ0) is 11.5. The molecule has 0 radical (unpaired) electrons. The van der Waals surface area contributed by atoms with Gasteiger partial charge in [-0.1, -0.05) is 0 Å². The lowest BCUT2D eigenvalue weighted by molar-refractivity contribution is 0.0663. The number of carbonyl (C=O) groups is 1. The Bertz CT molecular complexity index is 504. The summed E-state index contributed by atoms with van der Waals surface area (Å²) in [6.45, 7) is 0. The van der Waals surface area contributed by atoms with Gasteiger partial charge < -0.3 is 14.8 Å². The lowest BCUT2D eigenvalue weighted by Crippen LogP contribution is -1.92. The number of rotatable bonds is 3. The minimum atomic E-state index is -1.07. The molecular formula is C11H8INO3. The quantitative estimate of drug-likeness (QED) is 0.848. The van der Waals surface area contributed by atoms with Crippen molar-refractivity contribution in [3.05, 3.63) is 45.7 Å². The SMILES string of the molecule is O=C(O)c1ccc(Nc2ccc(I)cc2)o1. The Balaban J connectivity index is 2.14. The zero-order valence-corrected chi connectivity index (χ0v) is 10.3. The number of halogens is 1. The van der Waals surface area contributed by atoms with Gasteiger partial charge in [0.1, 0.15) is 0 Å². The van der Waals surface area contributed by atoms with E-state index in [1.807, 2.05) is 24.3 Å². The molecule has 4 nitrogen and oxygen atoms in total. The first kappa shape index (κ1) is 11.0. The van der Waals surface area contributed by atoms with Gasteiger partial charge >= 0.3 is 5.97 Å². The topological polar surface area (TPSA) is 62.5 Å². The predicted octanol–water partition coefficient (Wildman–Crippen LogP) is 3.33. The first-order valence-electron chi connectivity index (χ1n) is 4.51. The summed E-state index contributed by atoms with van der Waals surface area (Å²) in [5.41, 5.74) is 0.853. The van der Waals surface area contributed by atoms with Crippen LogP contribution in [-0.2, 0) is 0 Å². The van der Waals surface area contributed by atoms with Gasteiger partial charge in [-0.25, -0.2) is 4.79 Å². The molecule has 0 fully saturated rings. The highest BCUT2D eigenvalue weighted by Crippen LogP contribution is 2.20. The fourth-order valence-electron chi connectivity index (χ4n) is 1.20. The molecule has 0 atom stereocenters. The average Bonchev–Trinajstić information content (AvgIpc) is 2.70. The first-order valence-corrected chi connectivity index (χ1v) is 5.59. The largest absolute Gasteiger partial charge is 0.475 e. The summed E-state index contributed by atoms with van der Waals surface area (Å²) in [7, 11) is 0. The Morgan fingerprint density at radius 2 is 1.88 bits per heavy atom. The van der Waals surface area contributed by atoms with Gasteiger partial charge in [-0.2, -0.15) is 0 Å². The Kier molecular flexibility index (Phi) is 3.14. The summed E-state index contributed by atoms with van der Waals surface area (Å²) >= 11 is 2.21. The van der Waals surface area contributed by atoms with Crippen molar-refractivity contribution in [3.63, 3.8) is 0 Å². The first-order chi connectivity index (χ1) is 7.65. The highest BCUT2D eigenvalue weighted by Gasteiger charge is 2.08. The van der Waals surface area contributed by atoms with Crippen LogP contribution in [-0.4, -0.2) is 11.1 Å². The van der Waals surface area contributed by atoms with Crippen molar-refractivity contribution in [1.29, 1.82) is 0 Å². The molecule has 82 valence electrons. The van der Waals surface area contributed by atoms with E-state index in [2.05, 4.69) is 27.9 Å². The number of nitrogens with one attached hydrogen (secondary N) is 1. The molecule has 0 spiro atoms. The van der Waals surface area contributed by atoms with Crippen LogP contribution >= 0.6 is 22.6 Å². The van der Waals surface area contributed by atoms with Gasteiger partial charge in [0.15, 0.2) is 5.88 Å². The van der Waals surface area contributed by atoms with E-state index in [0.717, 1.165) is 9.26 Å². The van der Waals surface area contributed by atoms with Crippen molar-refractivity contribution in [2.24, 2.45) is 0 Å². The molecule has 5 heteroatoms. The van der Waals surface area contributed by atoms with Crippen LogP contribution in [0.15, 0.2) is 40.8 Å². The summed E-state index contributed by atoms with van der Waals surface area (Å²) in [4.78, 5) is 10.6. The molecule has 0 saturated heterocycles. The van der Waals surface area contributed by atoms with E-state index >= 15 is 0 Å². The number of carboxylic acids is 1. The van der Waals surface area contributed by atoms with Crippen LogP contribution < -0.4 is 5.32 Å². The van der Waals surface area contributed by atoms with Crippen molar-refractivity contribution >= 4 is 40.1 Å². The number of furan rings is 1. The summed E-state index contributed by atoms with van der Waals surface area (Å²) in [6, 6.07) is 10.7.